The van der Waals surface area contributed by atoms with Crippen molar-refractivity contribution in [2.75, 3.05) is 5.32 Å². The molecule has 0 aromatic heterocycles. The maximum atomic E-state index is 12.7. The SMILES string of the molecule is CC1Sc2ccc(C(=O)NC(c3ccccc3)C(C)C)cc2NC1=O. The molecule has 5 heteroatoms. The fourth-order valence-electron chi connectivity index (χ4n) is 2.87. The first-order valence-electron chi connectivity index (χ1n) is 8.43. The van der Waals surface area contributed by atoms with E-state index in [1.54, 1.807) is 6.07 Å². The van der Waals surface area contributed by atoms with Gasteiger partial charge in [-0.2, -0.15) is 0 Å². The average Bonchev–Trinajstić information content (AvgIpc) is 2.60. The Morgan fingerprint density at radius 1 is 1.16 bits per heavy atom. The van der Waals surface area contributed by atoms with Gasteiger partial charge in [-0.3, -0.25) is 9.59 Å². The first kappa shape index (κ1) is 17.5. The van der Waals surface area contributed by atoms with Crippen LogP contribution in [-0.2, 0) is 4.79 Å². The van der Waals surface area contributed by atoms with Crippen molar-refractivity contribution in [3.63, 3.8) is 0 Å². The molecule has 0 radical (unpaired) electrons. The molecule has 1 heterocycles. The van der Waals surface area contributed by atoms with E-state index in [0.29, 0.717) is 11.3 Å². The van der Waals surface area contributed by atoms with Crippen LogP contribution in [0.2, 0.25) is 0 Å². The normalized spacial score (nSPS) is 17.6. The van der Waals surface area contributed by atoms with E-state index >= 15 is 0 Å². The van der Waals surface area contributed by atoms with Crippen molar-refractivity contribution in [2.24, 2.45) is 5.92 Å². The second-order valence-corrected chi connectivity index (χ2v) is 7.95. The molecular formula is C20H22N2O2S. The molecule has 4 nitrogen and oxygen atoms in total. The Kier molecular flexibility index (Phi) is 5.13. The lowest BCUT2D eigenvalue weighted by Gasteiger charge is -2.24. The van der Waals surface area contributed by atoms with Crippen molar-refractivity contribution in [2.45, 2.75) is 37.0 Å². The lowest BCUT2D eigenvalue weighted by molar-refractivity contribution is -0.115. The van der Waals surface area contributed by atoms with Crippen LogP contribution in [-0.4, -0.2) is 17.1 Å². The zero-order valence-electron chi connectivity index (χ0n) is 14.6. The van der Waals surface area contributed by atoms with Crippen molar-refractivity contribution in [3.8, 4) is 0 Å². The number of rotatable bonds is 4. The molecule has 0 fully saturated rings. The van der Waals surface area contributed by atoms with Gasteiger partial charge in [0, 0.05) is 10.5 Å². The number of anilines is 1. The van der Waals surface area contributed by atoms with E-state index in [9.17, 15) is 9.59 Å². The van der Waals surface area contributed by atoms with E-state index in [1.165, 1.54) is 11.8 Å². The summed E-state index contributed by atoms with van der Waals surface area (Å²) in [4.78, 5) is 25.6. The Hall–Kier alpha value is -2.27. The predicted molar refractivity (Wildman–Crippen MR) is 102 cm³/mol. The molecule has 1 aliphatic heterocycles. The molecule has 1 aliphatic rings. The van der Waals surface area contributed by atoms with Gasteiger partial charge in [0.15, 0.2) is 0 Å². The highest BCUT2D eigenvalue weighted by molar-refractivity contribution is 8.00. The van der Waals surface area contributed by atoms with Crippen LogP contribution in [0.4, 0.5) is 5.69 Å². The van der Waals surface area contributed by atoms with E-state index in [-0.39, 0.29) is 29.0 Å². The highest BCUT2D eigenvalue weighted by atomic mass is 32.2. The molecule has 0 aliphatic carbocycles. The van der Waals surface area contributed by atoms with E-state index in [0.717, 1.165) is 10.5 Å². The Labute approximate surface area is 152 Å². The monoisotopic (exact) mass is 354 g/mol. The zero-order valence-corrected chi connectivity index (χ0v) is 15.4. The number of carbonyl (C=O) groups is 2. The lowest BCUT2D eigenvalue weighted by Crippen LogP contribution is -2.32. The van der Waals surface area contributed by atoms with Gasteiger partial charge in [0.25, 0.3) is 5.91 Å². The van der Waals surface area contributed by atoms with Gasteiger partial charge in [-0.15, -0.1) is 11.8 Å². The molecule has 130 valence electrons. The van der Waals surface area contributed by atoms with Crippen LogP contribution in [0.3, 0.4) is 0 Å². The van der Waals surface area contributed by atoms with Gasteiger partial charge in [0.05, 0.1) is 17.0 Å². The number of hydrogen-bond donors (Lipinski definition) is 2. The second kappa shape index (κ2) is 7.31. The predicted octanol–water partition coefficient (Wildman–Crippen LogP) is 4.25. The summed E-state index contributed by atoms with van der Waals surface area (Å²) in [5, 5.41) is 5.88. The quantitative estimate of drug-likeness (QED) is 0.863. The molecule has 2 N–H and O–H groups in total. The van der Waals surface area contributed by atoms with Crippen LogP contribution in [0.5, 0.6) is 0 Å². The minimum atomic E-state index is -0.136. The largest absolute Gasteiger partial charge is 0.345 e. The summed E-state index contributed by atoms with van der Waals surface area (Å²) in [7, 11) is 0. The molecular weight excluding hydrogens is 332 g/mol. The number of benzene rings is 2. The molecule has 2 atom stereocenters. The van der Waals surface area contributed by atoms with Crippen molar-refractivity contribution >= 4 is 29.3 Å². The molecule has 0 saturated carbocycles. The minimum Gasteiger partial charge on any atom is -0.345 e. The van der Waals surface area contributed by atoms with Gasteiger partial charge in [-0.05, 0) is 36.6 Å². The Morgan fingerprint density at radius 3 is 2.56 bits per heavy atom. The van der Waals surface area contributed by atoms with Crippen LogP contribution in [0.15, 0.2) is 53.4 Å². The van der Waals surface area contributed by atoms with Gasteiger partial charge in [0.1, 0.15) is 0 Å². The highest BCUT2D eigenvalue weighted by Crippen LogP contribution is 2.36. The second-order valence-electron chi connectivity index (χ2n) is 6.57. The van der Waals surface area contributed by atoms with Crippen LogP contribution < -0.4 is 10.6 Å². The van der Waals surface area contributed by atoms with Crippen molar-refractivity contribution in [3.05, 3.63) is 59.7 Å². The van der Waals surface area contributed by atoms with E-state index in [4.69, 9.17) is 0 Å². The molecule has 2 unspecified atom stereocenters. The maximum absolute atomic E-state index is 12.7. The molecule has 0 bridgehead atoms. The van der Waals surface area contributed by atoms with E-state index in [2.05, 4.69) is 24.5 Å². The summed E-state index contributed by atoms with van der Waals surface area (Å²) in [6, 6.07) is 15.4. The number of hydrogen-bond acceptors (Lipinski definition) is 3. The third-order valence-electron chi connectivity index (χ3n) is 4.28. The summed E-state index contributed by atoms with van der Waals surface area (Å²) < 4.78 is 0. The fourth-order valence-corrected chi connectivity index (χ4v) is 3.80. The highest BCUT2D eigenvalue weighted by Gasteiger charge is 2.24. The van der Waals surface area contributed by atoms with Crippen LogP contribution in [0, 0.1) is 5.92 Å². The summed E-state index contributed by atoms with van der Waals surface area (Å²) in [6.45, 7) is 6.04. The molecule has 0 saturated heterocycles. The fraction of sp³-hybridized carbons (Fsp3) is 0.300. The first-order chi connectivity index (χ1) is 12.0. The van der Waals surface area contributed by atoms with Crippen molar-refractivity contribution in [1.82, 2.24) is 5.32 Å². The van der Waals surface area contributed by atoms with Gasteiger partial charge < -0.3 is 10.6 Å². The molecule has 2 aromatic rings. The summed E-state index contributed by atoms with van der Waals surface area (Å²) in [6.07, 6.45) is 0. The Balaban J connectivity index is 1.81. The smallest absolute Gasteiger partial charge is 0.251 e. The van der Waals surface area contributed by atoms with Gasteiger partial charge in [-0.25, -0.2) is 0 Å². The molecule has 0 spiro atoms. The lowest BCUT2D eigenvalue weighted by atomic mass is 9.95. The van der Waals surface area contributed by atoms with Crippen molar-refractivity contribution < 1.29 is 9.59 Å². The molecule has 2 amide bonds. The third-order valence-corrected chi connectivity index (χ3v) is 5.46. The van der Waals surface area contributed by atoms with Gasteiger partial charge in [0.2, 0.25) is 5.91 Å². The number of nitrogens with one attached hydrogen (secondary N) is 2. The van der Waals surface area contributed by atoms with Crippen LogP contribution in [0.1, 0.15) is 42.7 Å². The summed E-state index contributed by atoms with van der Waals surface area (Å²) in [5.74, 6) is 0.0997. The average molecular weight is 354 g/mol. The standard InChI is InChI=1S/C20H22N2O2S/c1-12(2)18(14-7-5-4-6-8-14)22-20(24)15-9-10-17-16(11-15)21-19(23)13(3)25-17/h4-13,18H,1-3H3,(H,21,23)(H,22,24). The number of carbonyl (C=O) groups excluding carboxylic acids is 2. The minimum absolute atomic E-state index is 0.0283. The van der Waals surface area contributed by atoms with Gasteiger partial charge in [-0.1, -0.05) is 44.2 Å². The zero-order chi connectivity index (χ0) is 18.0. The molecule has 2 aromatic carbocycles. The van der Waals surface area contributed by atoms with Crippen LogP contribution >= 0.6 is 11.8 Å². The number of amides is 2. The van der Waals surface area contributed by atoms with E-state index in [1.807, 2.05) is 49.4 Å². The Bertz CT molecular complexity index is 790. The summed E-state index contributed by atoms with van der Waals surface area (Å²) in [5.41, 5.74) is 2.35. The maximum Gasteiger partial charge on any atom is 0.251 e. The third kappa shape index (κ3) is 3.87. The van der Waals surface area contributed by atoms with Crippen LogP contribution in [0.25, 0.3) is 0 Å². The molecule has 25 heavy (non-hydrogen) atoms. The number of thioether (sulfide) groups is 1. The molecule has 3 rings (SSSR count). The summed E-state index contributed by atoms with van der Waals surface area (Å²) >= 11 is 1.51. The van der Waals surface area contributed by atoms with E-state index < -0.39 is 0 Å². The Morgan fingerprint density at radius 2 is 1.88 bits per heavy atom. The van der Waals surface area contributed by atoms with Crippen molar-refractivity contribution in [1.29, 1.82) is 0 Å². The number of fused-ring (bicyclic) bond motifs is 1. The topological polar surface area (TPSA) is 58.2 Å². The first-order valence-corrected chi connectivity index (χ1v) is 9.31. The van der Waals surface area contributed by atoms with Gasteiger partial charge >= 0.3 is 0 Å².